The predicted molar refractivity (Wildman–Crippen MR) is 111 cm³/mol. The Balaban J connectivity index is 1.52. The van der Waals surface area contributed by atoms with Crippen LogP contribution in [0.2, 0.25) is 0 Å². The number of hydrogen-bond acceptors (Lipinski definition) is 2. The molecule has 0 spiro atoms. The molecule has 1 aliphatic heterocycles. The van der Waals surface area contributed by atoms with Crippen molar-refractivity contribution < 1.29 is 9.47 Å². The summed E-state index contributed by atoms with van der Waals surface area (Å²) < 4.78 is 11.8. The second kappa shape index (κ2) is 13.3. The van der Waals surface area contributed by atoms with E-state index in [0.717, 1.165) is 19.6 Å². The molecule has 1 saturated heterocycles. The smallest absolute Gasteiger partial charge is 0.157 e. The molecule has 0 amide bonds. The van der Waals surface area contributed by atoms with E-state index in [1.807, 2.05) is 0 Å². The molecule has 0 radical (unpaired) electrons. The highest BCUT2D eigenvalue weighted by atomic mass is 16.7. The van der Waals surface area contributed by atoms with E-state index < -0.39 is 0 Å². The fourth-order valence-corrected chi connectivity index (χ4v) is 3.69. The maximum atomic E-state index is 5.88. The first-order valence-electron chi connectivity index (χ1n) is 11.1. The van der Waals surface area contributed by atoms with E-state index in [-0.39, 0.29) is 6.29 Å². The molecule has 1 heterocycles. The summed E-state index contributed by atoms with van der Waals surface area (Å²) in [5, 5.41) is 0. The Kier molecular flexibility index (Phi) is 11.0. The van der Waals surface area contributed by atoms with Crippen molar-refractivity contribution in [3.63, 3.8) is 0 Å². The summed E-state index contributed by atoms with van der Waals surface area (Å²) in [5.74, 6) is 0.596. The third-order valence-corrected chi connectivity index (χ3v) is 5.50. The first-order valence-corrected chi connectivity index (χ1v) is 11.1. The van der Waals surface area contributed by atoms with Gasteiger partial charge in [0.15, 0.2) is 6.29 Å². The maximum absolute atomic E-state index is 5.88. The van der Waals surface area contributed by atoms with Gasteiger partial charge in [0.2, 0.25) is 0 Å². The zero-order valence-electron chi connectivity index (χ0n) is 17.2. The molecule has 1 aromatic rings. The minimum atomic E-state index is 0.0636. The number of aryl methyl sites for hydroxylation is 2. The zero-order valence-corrected chi connectivity index (χ0v) is 17.2. The highest BCUT2D eigenvalue weighted by molar-refractivity contribution is 5.22. The van der Waals surface area contributed by atoms with Crippen molar-refractivity contribution in [1.29, 1.82) is 0 Å². The average Bonchev–Trinajstić information content (AvgIpc) is 2.68. The van der Waals surface area contributed by atoms with Gasteiger partial charge in [0, 0.05) is 5.92 Å². The number of rotatable bonds is 13. The van der Waals surface area contributed by atoms with E-state index in [9.17, 15) is 0 Å². The third-order valence-electron chi connectivity index (χ3n) is 5.50. The Morgan fingerprint density at radius 1 is 0.692 bits per heavy atom. The lowest BCUT2D eigenvalue weighted by molar-refractivity contribution is -0.204. The SMILES string of the molecule is CCCCCc1ccc(CCCCC2COC(CCCCC)OC2)cc1. The van der Waals surface area contributed by atoms with E-state index in [0.29, 0.717) is 5.92 Å². The molecule has 0 atom stereocenters. The van der Waals surface area contributed by atoms with Crippen molar-refractivity contribution in [2.45, 2.75) is 97.2 Å². The lowest BCUT2D eigenvalue weighted by Gasteiger charge is -2.29. The van der Waals surface area contributed by atoms with Crippen LogP contribution in [0.3, 0.4) is 0 Å². The van der Waals surface area contributed by atoms with Crippen molar-refractivity contribution in [2.24, 2.45) is 5.92 Å². The van der Waals surface area contributed by atoms with E-state index >= 15 is 0 Å². The van der Waals surface area contributed by atoms with Crippen LogP contribution in [0.5, 0.6) is 0 Å². The van der Waals surface area contributed by atoms with Crippen molar-refractivity contribution in [1.82, 2.24) is 0 Å². The number of hydrogen-bond donors (Lipinski definition) is 0. The van der Waals surface area contributed by atoms with Crippen LogP contribution in [0.25, 0.3) is 0 Å². The van der Waals surface area contributed by atoms with E-state index in [2.05, 4.69) is 38.1 Å². The summed E-state index contributed by atoms with van der Waals surface area (Å²) in [7, 11) is 0. The van der Waals surface area contributed by atoms with Crippen molar-refractivity contribution in [2.75, 3.05) is 13.2 Å². The molecule has 0 bridgehead atoms. The molecule has 148 valence electrons. The number of unbranched alkanes of at least 4 members (excludes halogenated alkanes) is 5. The lowest BCUT2D eigenvalue weighted by atomic mass is 9.99. The largest absolute Gasteiger partial charge is 0.352 e. The fraction of sp³-hybridized carbons (Fsp3) is 0.750. The van der Waals surface area contributed by atoms with Crippen LogP contribution in [0.15, 0.2) is 24.3 Å². The van der Waals surface area contributed by atoms with E-state index in [4.69, 9.17) is 9.47 Å². The van der Waals surface area contributed by atoms with Gasteiger partial charge in [0.25, 0.3) is 0 Å². The van der Waals surface area contributed by atoms with Crippen LogP contribution in [-0.2, 0) is 22.3 Å². The van der Waals surface area contributed by atoms with E-state index in [1.165, 1.54) is 81.8 Å². The number of benzene rings is 1. The quantitative estimate of drug-likeness (QED) is 0.364. The van der Waals surface area contributed by atoms with Gasteiger partial charge in [-0.1, -0.05) is 70.2 Å². The van der Waals surface area contributed by atoms with Gasteiger partial charge in [-0.3, -0.25) is 0 Å². The standard InChI is InChI=1S/C24H40O2/c1-3-5-7-11-21-15-17-22(18-16-21)12-9-10-13-23-19-25-24(26-20-23)14-8-6-4-2/h15-18,23-24H,3-14,19-20H2,1-2H3. The molecular weight excluding hydrogens is 320 g/mol. The van der Waals surface area contributed by atoms with Crippen LogP contribution >= 0.6 is 0 Å². The molecule has 1 aliphatic rings. The highest BCUT2D eigenvalue weighted by Gasteiger charge is 2.21. The second-order valence-electron chi connectivity index (χ2n) is 7.98. The summed E-state index contributed by atoms with van der Waals surface area (Å²) in [6.45, 7) is 6.29. The van der Waals surface area contributed by atoms with Gasteiger partial charge in [0.1, 0.15) is 0 Å². The lowest BCUT2D eigenvalue weighted by Crippen LogP contribution is -2.32. The van der Waals surface area contributed by atoms with Crippen LogP contribution in [0.1, 0.15) is 89.2 Å². The van der Waals surface area contributed by atoms with Crippen LogP contribution < -0.4 is 0 Å². The molecule has 0 aliphatic carbocycles. The van der Waals surface area contributed by atoms with Crippen LogP contribution in [0, 0.1) is 5.92 Å². The average molecular weight is 361 g/mol. The minimum absolute atomic E-state index is 0.0636. The fourth-order valence-electron chi connectivity index (χ4n) is 3.69. The molecule has 0 aromatic heterocycles. The normalized spacial score (nSPS) is 20.4. The monoisotopic (exact) mass is 360 g/mol. The van der Waals surface area contributed by atoms with Gasteiger partial charge < -0.3 is 9.47 Å². The molecule has 1 aromatic carbocycles. The molecule has 0 unspecified atom stereocenters. The first-order chi connectivity index (χ1) is 12.8. The molecule has 1 fully saturated rings. The highest BCUT2D eigenvalue weighted by Crippen LogP contribution is 2.21. The van der Waals surface area contributed by atoms with Crippen molar-refractivity contribution in [3.8, 4) is 0 Å². The Morgan fingerprint density at radius 3 is 1.77 bits per heavy atom. The van der Waals surface area contributed by atoms with Gasteiger partial charge in [-0.25, -0.2) is 0 Å². The maximum Gasteiger partial charge on any atom is 0.157 e. The van der Waals surface area contributed by atoms with Crippen LogP contribution in [0.4, 0.5) is 0 Å². The molecular formula is C24H40O2. The zero-order chi connectivity index (χ0) is 18.5. The van der Waals surface area contributed by atoms with Gasteiger partial charge in [-0.05, 0) is 56.1 Å². The Morgan fingerprint density at radius 2 is 1.19 bits per heavy atom. The molecule has 26 heavy (non-hydrogen) atoms. The Bertz CT molecular complexity index is 446. The molecule has 2 nitrogen and oxygen atoms in total. The van der Waals surface area contributed by atoms with Gasteiger partial charge in [0.05, 0.1) is 13.2 Å². The van der Waals surface area contributed by atoms with Crippen molar-refractivity contribution in [3.05, 3.63) is 35.4 Å². The predicted octanol–water partition coefficient (Wildman–Crippen LogP) is 6.70. The van der Waals surface area contributed by atoms with Crippen molar-refractivity contribution >= 4 is 0 Å². The summed E-state index contributed by atoms with van der Waals surface area (Å²) in [5.41, 5.74) is 2.98. The molecule has 0 N–H and O–H groups in total. The summed E-state index contributed by atoms with van der Waals surface area (Å²) >= 11 is 0. The van der Waals surface area contributed by atoms with Gasteiger partial charge in [-0.2, -0.15) is 0 Å². The topological polar surface area (TPSA) is 18.5 Å². The molecule has 0 saturated carbocycles. The Labute approximate surface area is 161 Å². The minimum Gasteiger partial charge on any atom is -0.352 e. The second-order valence-corrected chi connectivity index (χ2v) is 7.98. The molecule has 2 rings (SSSR count). The van der Waals surface area contributed by atoms with Gasteiger partial charge >= 0.3 is 0 Å². The van der Waals surface area contributed by atoms with E-state index in [1.54, 1.807) is 0 Å². The summed E-state index contributed by atoms with van der Waals surface area (Å²) in [6, 6.07) is 9.31. The number of ether oxygens (including phenoxy) is 2. The van der Waals surface area contributed by atoms with Gasteiger partial charge in [-0.15, -0.1) is 0 Å². The molecule has 2 heteroatoms. The van der Waals surface area contributed by atoms with Crippen LogP contribution in [-0.4, -0.2) is 19.5 Å². The summed E-state index contributed by atoms with van der Waals surface area (Å²) in [4.78, 5) is 0. The summed E-state index contributed by atoms with van der Waals surface area (Å²) in [6.07, 6.45) is 15.1. The Hall–Kier alpha value is -0.860. The first kappa shape index (κ1) is 21.4. The third kappa shape index (κ3) is 8.68.